The van der Waals surface area contributed by atoms with Gasteiger partial charge in [0.15, 0.2) is 0 Å². The number of nitro benzene ring substituents is 1. The molecule has 1 aliphatic heterocycles. The number of fused-ring (bicyclic) bond motifs is 1. The molecular formula is C13H8N2O4S. The summed E-state index contributed by atoms with van der Waals surface area (Å²) in [5.74, 6) is -1.34. The van der Waals surface area contributed by atoms with Crippen LogP contribution in [0, 0.1) is 10.1 Å². The lowest BCUT2D eigenvalue weighted by atomic mass is 10.1. The van der Waals surface area contributed by atoms with Crippen LogP contribution in [0.5, 0.6) is 0 Å². The van der Waals surface area contributed by atoms with E-state index >= 15 is 0 Å². The third-order valence-electron chi connectivity index (χ3n) is 3.09. The highest BCUT2D eigenvalue weighted by molar-refractivity contribution is 7.07. The van der Waals surface area contributed by atoms with E-state index in [1.807, 2.05) is 16.8 Å². The molecule has 0 radical (unpaired) electrons. The molecule has 3 rings (SSSR count). The number of amides is 1. The van der Waals surface area contributed by atoms with Crippen LogP contribution in [0.4, 0.5) is 11.4 Å². The molecule has 0 N–H and O–H groups in total. The number of rotatable bonds is 3. The minimum atomic E-state index is -0.695. The lowest BCUT2D eigenvalue weighted by Gasteiger charge is -2.15. The Bertz CT molecular complexity index is 724. The second kappa shape index (κ2) is 4.53. The number of ketones is 1. The van der Waals surface area contributed by atoms with E-state index in [2.05, 4.69) is 0 Å². The van der Waals surface area contributed by atoms with E-state index in [9.17, 15) is 19.7 Å². The Kier molecular flexibility index (Phi) is 2.83. The van der Waals surface area contributed by atoms with Crippen LogP contribution in [0.25, 0.3) is 0 Å². The molecule has 1 aromatic carbocycles. The van der Waals surface area contributed by atoms with Gasteiger partial charge in [-0.25, -0.2) is 0 Å². The maximum absolute atomic E-state index is 12.0. The second-order valence-electron chi connectivity index (χ2n) is 4.31. The molecule has 0 fully saturated rings. The fourth-order valence-electron chi connectivity index (χ4n) is 2.12. The average Bonchev–Trinajstić information content (AvgIpc) is 3.02. The SMILES string of the molecule is O=C1C(=O)N(Cc2ccsc2)c2ccc([N+](=O)[O-])cc21. The number of thiophene rings is 1. The number of nitrogens with zero attached hydrogens (tertiary/aromatic N) is 2. The Labute approximate surface area is 117 Å². The van der Waals surface area contributed by atoms with Crippen LogP contribution in [0.2, 0.25) is 0 Å². The predicted octanol–water partition coefficient (Wildman–Crippen LogP) is 2.39. The number of anilines is 1. The molecule has 0 spiro atoms. The predicted molar refractivity (Wildman–Crippen MR) is 72.9 cm³/mol. The summed E-state index contributed by atoms with van der Waals surface area (Å²) in [6.45, 7) is 0.291. The molecule has 1 amide bonds. The highest BCUT2D eigenvalue weighted by Gasteiger charge is 2.36. The Morgan fingerprint density at radius 2 is 2.05 bits per heavy atom. The number of non-ortho nitro benzene ring substituents is 1. The maximum atomic E-state index is 12.0. The van der Waals surface area contributed by atoms with Gasteiger partial charge < -0.3 is 4.90 Å². The van der Waals surface area contributed by atoms with Gasteiger partial charge in [0, 0.05) is 12.1 Å². The van der Waals surface area contributed by atoms with Crippen molar-refractivity contribution in [1.82, 2.24) is 0 Å². The molecule has 20 heavy (non-hydrogen) atoms. The fourth-order valence-corrected chi connectivity index (χ4v) is 2.78. The molecule has 7 heteroatoms. The van der Waals surface area contributed by atoms with Crippen molar-refractivity contribution in [3.05, 3.63) is 56.3 Å². The summed E-state index contributed by atoms with van der Waals surface area (Å²) in [4.78, 5) is 35.4. The Balaban J connectivity index is 2.02. The van der Waals surface area contributed by atoms with Gasteiger partial charge in [-0.2, -0.15) is 11.3 Å². The Morgan fingerprint density at radius 3 is 2.70 bits per heavy atom. The van der Waals surface area contributed by atoms with Crippen molar-refractivity contribution in [1.29, 1.82) is 0 Å². The van der Waals surface area contributed by atoms with Gasteiger partial charge in [0.25, 0.3) is 17.4 Å². The number of Topliss-reactive ketones (excluding diaryl/α,β-unsaturated/α-hetero) is 1. The molecule has 2 aromatic rings. The number of nitro groups is 1. The van der Waals surface area contributed by atoms with E-state index in [1.165, 1.54) is 28.4 Å². The van der Waals surface area contributed by atoms with Gasteiger partial charge in [0.1, 0.15) is 0 Å². The van der Waals surface area contributed by atoms with Crippen molar-refractivity contribution >= 4 is 34.4 Å². The summed E-state index contributed by atoms with van der Waals surface area (Å²) in [7, 11) is 0. The fraction of sp³-hybridized carbons (Fsp3) is 0.0769. The molecule has 6 nitrogen and oxygen atoms in total. The number of hydrogen-bond donors (Lipinski definition) is 0. The molecule has 0 saturated carbocycles. The van der Waals surface area contributed by atoms with Crippen LogP contribution >= 0.6 is 11.3 Å². The van der Waals surface area contributed by atoms with Gasteiger partial charge in [0.05, 0.1) is 22.7 Å². The summed E-state index contributed by atoms with van der Waals surface area (Å²) in [5, 5.41) is 14.5. The number of carbonyl (C=O) groups is 2. The van der Waals surface area contributed by atoms with Crippen molar-refractivity contribution in [3.8, 4) is 0 Å². The third kappa shape index (κ3) is 1.88. The smallest absolute Gasteiger partial charge is 0.299 e. The first-order chi connectivity index (χ1) is 9.58. The molecule has 0 atom stereocenters. The third-order valence-corrected chi connectivity index (χ3v) is 3.82. The zero-order valence-electron chi connectivity index (χ0n) is 10.1. The molecule has 0 aliphatic carbocycles. The normalized spacial score (nSPS) is 13.7. The molecule has 2 heterocycles. The molecule has 1 aliphatic rings. The van der Waals surface area contributed by atoms with Crippen LogP contribution in [-0.2, 0) is 11.3 Å². The molecule has 1 aromatic heterocycles. The monoisotopic (exact) mass is 288 g/mol. The van der Waals surface area contributed by atoms with E-state index in [0.29, 0.717) is 12.2 Å². The van der Waals surface area contributed by atoms with Crippen LogP contribution in [0.3, 0.4) is 0 Å². The van der Waals surface area contributed by atoms with Crippen LogP contribution in [0.1, 0.15) is 15.9 Å². The number of hydrogen-bond acceptors (Lipinski definition) is 5. The van der Waals surface area contributed by atoms with Gasteiger partial charge in [0.2, 0.25) is 0 Å². The zero-order chi connectivity index (χ0) is 14.3. The second-order valence-corrected chi connectivity index (χ2v) is 5.09. The van der Waals surface area contributed by atoms with Gasteiger partial charge in [-0.05, 0) is 28.5 Å². The number of benzene rings is 1. The minimum absolute atomic E-state index is 0.0967. The average molecular weight is 288 g/mol. The highest BCUT2D eigenvalue weighted by Crippen LogP contribution is 2.33. The van der Waals surface area contributed by atoms with Crippen molar-refractivity contribution in [2.24, 2.45) is 0 Å². The summed E-state index contributed by atoms with van der Waals surface area (Å²) in [6, 6.07) is 5.77. The van der Waals surface area contributed by atoms with E-state index in [0.717, 1.165) is 11.6 Å². The van der Waals surface area contributed by atoms with Gasteiger partial charge >= 0.3 is 0 Å². The first kappa shape index (κ1) is 12.5. The maximum Gasteiger partial charge on any atom is 0.299 e. The molecule has 0 saturated heterocycles. The standard InChI is InChI=1S/C13H8N2O4S/c16-12-10-5-9(15(18)19)1-2-11(10)14(13(12)17)6-8-3-4-20-7-8/h1-5,7H,6H2. The largest absolute Gasteiger partial charge is 0.300 e. The van der Waals surface area contributed by atoms with Crippen molar-refractivity contribution < 1.29 is 14.5 Å². The first-order valence-corrected chi connectivity index (χ1v) is 6.68. The van der Waals surface area contributed by atoms with Crippen molar-refractivity contribution in [2.45, 2.75) is 6.54 Å². The van der Waals surface area contributed by atoms with Crippen LogP contribution in [-0.4, -0.2) is 16.6 Å². The van der Waals surface area contributed by atoms with Crippen LogP contribution in [0.15, 0.2) is 35.0 Å². The van der Waals surface area contributed by atoms with Gasteiger partial charge in [-0.15, -0.1) is 0 Å². The van der Waals surface area contributed by atoms with E-state index in [-0.39, 0.29) is 11.3 Å². The Hall–Kier alpha value is -2.54. The van der Waals surface area contributed by atoms with Gasteiger partial charge in [-0.3, -0.25) is 19.7 Å². The summed E-state index contributed by atoms with van der Waals surface area (Å²) in [5.41, 5.74) is 1.25. The topological polar surface area (TPSA) is 80.5 Å². The van der Waals surface area contributed by atoms with Crippen LogP contribution < -0.4 is 4.90 Å². The summed E-state index contributed by atoms with van der Waals surface area (Å²) >= 11 is 1.50. The van der Waals surface area contributed by atoms with Gasteiger partial charge in [-0.1, -0.05) is 0 Å². The van der Waals surface area contributed by atoms with Crippen molar-refractivity contribution in [2.75, 3.05) is 4.90 Å². The summed E-state index contributed by atoms with van der Waals surface area (Å²) in [6.07, 6.45) is 0. The first-order valence-electron chi connectivity index (χ1n) is 5.73. The quantitative estimate of drug-likeness (QED) is 0.493. The Morgan fingerprint density at radius 1 is 1.25 bits per heavy atom. The lowest BCUT2D eigenvalue weighted by molar-refractivity contribution is -0.384. The highest BCUT2D eigenvalue weighted by atomic mass is 32.1. The van der Waals surface area contributed by atoms with E-state index in [4.69, 9.17) is 0 Å². The van der Waals surface area contributed by atoms with Crippen molar-refractivity contribution in [3.63, 3.8) is 0 Å². The summed E-state index contributed by atoms with van der Waals surface area (Å²) < 4.78 is 0. The molecule has 0 bridgehead atoms. The van der Waals surface area contributed by atoms with E-state index < -0.39 is 16.6 Å². The minimum Gasteiger partial charge on any atom is -0.300 e. The molecular weight excluding hydrogens is 280 g/mol. The lowest BCUT2D eigenvalue weighted by Crippen LogP contribution is -2.28. The number of carbonyl (C=O) groups excluding carboxylic acids is 2. The molecule has 100 valence electrons. The zero-order valence-corrected chi connectivity index (χ0v) is 10.9. The van der Waals surface area contributed by atoms with E-state index in [1.54, 1.807) is 0 Å². The molecule has 0 unspecified atom stereocenters.